The Morgan fingerprint density at radius 1 is 1.34 bits per heavy atom. The highest BCUT2D eigenvalue weighted by Crippen LogP contribution is 2.33. The van der Waals surface area contributed by atoms with Gasteiger partial charge in [-0.15, -0.1) is 0 Å². The van der Waals surface area contributed by atoms with E-state index >= 15 is 0 Å². The summed E-state index contributed by atoms with van der Waals surface area (Å²) in [5, 5.41) is 12.8. The summed E-state index contributed by atoms with van der Waals surface area (Å²) in [6.07, 6.45) is 2.95. The number of fused-ring (bicyclic) bond motifs is 1. The SMILES string of the molecule is Cc1nc(N)nc(N[C@@H](C)c2nc3ccn(C)c3cc2N2CC[C@H](N)C2)c1C#N. The molecule has 3 aromatic rings. The Bertz CT molecular complexity index is 1110. The Hall–Kier alpha value is -3.38. The third-order valence-corrected chi connectivity index (χ3v) is 5.42. The molecule has 1 aliphatic heterocycles. The van der Waals surface area contributed by atoms with Crippen LogP contribution in [0, 0.1) is 18.3 Å². The van der Waals surface area contributed by atoms with Gasteiger partial charge in [-0.1, -0.05) is 0 Å². The molecule has 0 saturated carbocycles. The molecule has 2 atom stereocenters. The molecule has 3 aromatic heterocycles. The lowest BCUT2D eigenvalue weighted by molar-refractivity contribution is 0.750. The van der Waals surface area contributed by atoms with Gasteiger partial charge in [-0.3, -0.25) is 0 Å². The number of pyridine rings is 1. The minimum absolute atomic E-state index is 0.133. The van der Waals surface area contributed by atoms with E-state index in [2.05, 4.69) is 36.9 Å². The molecule has 1 fully saturated rings. The molecular formula is C20H25N9. The molecule has 0 aromatic carbocycles. The van der Waals surface area contributed by atoms with Gasteiger partial charge in [0.2, 0.25) is 5.95 Å². The maximum atomic E-state index is 9.52. The van der Waals surface area contributed by atoms with E-state index in [0.717, 1.165) is 41.9 Å². The molecule has 0 spiro atoms. The van der Waals surface area contributed by atoms with E-state index in [1.165, 1.54) is 0 Å². The average Bonchev–Trinajstić information content (AvgIpc) is 3.26. The Kier molecular flexibility index (Phi) is 4.72. The topological polar surface area (TPSA) is 135 Å². The van der Waals surface area contributed by atoms with Gasteiger partial charge in [0, 0.05) is 32.4 Å². The predicted molar refractivity (Wildman–Crippen MR) is 113 cm³/mol. The quantitative estimate of drug-likeness (QED) is 0.613. The van der Waals surface area contributed by atoms with Crippen LogP contribution in [-0.2, 0) is 7.05 Å². The molecule has 0 amide bonds. The Balaban J connectivity index is 1.77. The summed E-state index contributed by atoms with van der Waals surface area (Å²) in [4.78, 5) is 15.5. The molecule has 0 aliphatic carbocycles. The van der Waals surface area contributed by atoms with Gasteiger partial charge in [0.1, 0.15) is 17.5 Å². The normalized spacial score (nSPS) is 17.5. The number of nitrogens with two attached hydrogens (primary N) is 2. The molecule has 0 bridgehead atoms. The van der Waals surface area contributed by atoms with Gasteiger partial charge in [-0.05, 0) is 32.4 Å². The molecule has 1 aliphatic rings. The number of aromatic nitrogens is 4. The van der Waals surface area contributed by atoms with Crippen LogP contribution in [0.2, 0.25) is 0 Å². The maximum absolute atomic E-state index is 9.52. The number of hydrogen-bond donors (Lipinski definition) is 3. The van der Waals surface area contributed by atoms with Crippen molar-refractivity contribution in [3.8, 4) is 6.07 Å². The lowest BCUT2D eigenvalue weighted by atomic mass is 10.1. The summed E-state index contributed by atoms with van der Waals surface area (Å²) in [6.45, 7) is 5.44. The molecule has 0 unspecified atom stereocenters. The van der Waals surface area contributed by atoms with Crippen LogP contribution in [0.5, 0.6) is 0 Å². The molecule has 5 N–H and O–H groups in total. The number of aryl methyl sites for hydroxylation is 2. The first kappa shape index (κ1) is 19.0. The van der Waals surface area contributed by atoms with Crippen LogP contribution >= 0.6 is 0 Å². The van der Waals surface area contributed by atoms with Gasteiger partial charge in [0.05, 0.1) is 34.2 Å². The van der Waals surface area contributed by atoms with Crippen molar-refractivity contribution in [3.63, 3.8) is 0 Å². The summed E-state index contributed by atoms with van der Waals surface area (Å²) in [5.74, 6) is 0.553. The lowest BCUT2D eigenvalue weighted by Crippen LogP contribution is -2.28. The zero-order valence-electron chi connectivity index (χ0n) is 16.8. The van der Waals surface area contributed by atoms with Crippen LogP contribution in [-0.4, -0.2) is 38.7 Å². The van der Waals surface area contributed by atoms with Crippen molar-refractivity contribution in [1.82, 2.24) is 19.5 Å². The minimum Gasteiger partial charge on any atom is -0.368 e. The molecule has 1 saturated heterocycles. The zero-order chi connectivity index (χ0) is 20.7. The van der Waals surface area contributed by atoms with E-state index in [9.17, 15) is 5.26 Å². The van der Waals surface area contributed by atoms with Crippen LogP contribution in [0.1, 0.15) is 36.3 Å². The molecule has 9 nitrogen and oxygen atoms in total. The highest BCUT2D eigenvalue weighted by atomic mass is 15.2. The number of nitriles is 1. The standard InChI is InChI=1S/C20H25N9/c1-11-14(9-21)19(27-20(23)25-11)24-12(2)18-17(29-7-4-13(22)10-29)8-16-15(26-18)5-6-28(16)3/h5-6,8,12-13H,4,7,10,22H2,1-3H3,(H3,23,24,25,27)/t12-,13-/m0/s1. The fourth-order valence-corrected chi connectivity index (χ4v) is 3.87. The second-order valence-corrected chi connectivity index (χ2v) is 7.59. The van der Waals surface area contributed by atoms with Crippen molar-refractivity contribution in [2.45, 2.75) is 32.4 Å². The van der Waals surface area contributed by atoms with E-state index in [1.807, 2.05) is 26.2 Å². The molecule has 29 heavy (non-hydrogen) atoms. The van der Waals surface area contributed by atoms with E-state index in [4.69, 9.17) is 16.5 Å². The first-order chi connectivity index (χ1) is 13.9. The first-order valence-electron chi connectivity index (χ1n) is 9.64. The van der Waals surface area contributed by atoms with Gasteiger partial charge in [0.25, 0.3) is 0 Å². The van der Waals surface area contributed by atoms with Gasteiger partial charge < -0.3 is 26.3 Å². The van der Waals surface area contributed by atoms with E-state index in [-0.39, 0.29) is 18.0 Å². The molecule has 0 radical (unpaired) electrons. The van der Waals surface area contributed by atoms with E-state index in [1.54, 1.807) is 6.92 Å². The fraction of sp³-hybridized carbons (Fsp3) is 0.400. The predicted octanol–water partition coefficient (Wildman–Crippen LogP) is 1.84. The Morgan fingerprint density at radius 3 is 2.83 bits per heavy atom. The second kappa shape index (κ2) is 7.22. The van der Waals surface area contributed by atoms with Gasteiger partial charge in [0.15, 0.2) is 0 Å². The number of rotatable bonds is 4. The lowest BCUT2D eigenvalue weighted by Gasteiger charge is -2.25. The van der Waals surface area contributed by atoms with Crippen LogP contribution < -0.4 is 21.7 Å². The highest BCUT2D eigenvalue weighted by Gasteiger charge is 2.26. The van der Waals surface area contributed by atoms with Crippen LogP contribution in [0.25, 0.3) is 11.0 Å². The van der Waals surface area contributed by atoms with Crippen LogP contribution in [0.4, 0.5) is 17.5 Å². The van der Waals surface area contributed by atoms with E-state index < -0.39 is 0 Å². The van der Waals surface area contributed by atoms with Crippen molar-refractivity contribution in [2.75, 3.05) is 29.0 Å². The van der Waals surface area contributed by atoms with Crippen molar-refractivity contribution in [3.05, 3.63) is 35.3 Å². The third-order valence-electron chi connectivity index (χ3n) is 5.42. The largest absolute Gasteiger partial charge is 0.368 e. The summed E-state index contributed by atoms with van der Waals surface area (Å²) < 4.78 is 2.06. The van der Waals surface area contributed by atoms with Crippen LogP contribution in [0.3, 0.4) is 0 Å². The van der Waals surface area contributed by atoms with Gasteiger partial charge >= 0.3 is 0 Å². The fourth-order valence-electron chi connectivity index (χ4n) is 3.87. The van der Waals surface area contributed by atoms with Crippen molar-refractivity contribution in [2.24, 2.45) is 12.8 Å². The third kappa shape index (κ3) is 3.43. The zero-order valence-corrected chi connectivity index (χ0v) is 16.8. The van der Waals surface area contributed by atoms with Crippen LogP contribution in [0.15, 0.2) is 18.3 Å². The molecule has 9 heteroatoms. The molecule has 4 rings (SSSR count). The monoisotopic (exact) mass is 391 g/mol. The Morgan fingerprint density at radius 2 is 2.14 bits per heavy atom. The summed E-state index contributed by atoms with van der Waals surface area (Å²) >= 11 is 0. The second-order valence-electron chi connectivity index (χ2n) is 7.59. The number of nitrogens with one attached hydrogen (secondary N) is 1. The van der Waals surface area contributed by atoms with Gasteiger partial charge in [-0.2, -0.15) is 10.2 Å². The Labute approximate surface area is 169 Å². The van der Waals surface area contributed by atoms with Gasteiger partial charge in [-0.25, -0.2) is 9.97 Å². The highest BCUT2D eigenvalue weighted by molar-refractivity contribution is 5.81. The molecular weight excluding hydrogens is 366 g/mol. The summed E-state index contributed by atoms with van der Waals surface area (Å²) in [5.41, 5.74) is 16.8. The summed E-state index contributed by atoms with van der Waals surface area (Å²) in [6, 6.07) is 6.28. The number of nitrogen functional groups attached to an aromatic ring is 1. The molecule has 4 heterocycles. The molecule has 150 valence electrons. The smallest absolute Gasteiger partial charge is 0.222 e. The van der Waals surface area contributed by atoms with Crippen molar-refractivity contribution in [1.29, 1.82) is 5.26 Å². The maximum Gasteiger partial charge on any atom is 0.222 e. The number of nitrogens with zero attached hydrogens (tertiary/aromatic N) is 6. The number of hydrogen-bond acceptors (Lipinski definition) is 8. The van der Waals surface area contributed by atoms with E-state index in [0.29, 0.717) is 17.1 Å². The first-order valence-corrected chi connectivity index (χ1v) is 9.64. The number of anilines is 3. The van der Waals surface area contributed by atoms with Crippen molar-refractivity contribution >= 4 is 28.5 Å². The summed E-state index contributed by atoms with van der Waals surface area (Å²) in [7, 11) is 2.01. The average molecular weight is 391 g/mol. The van der Waals surface area contributed by atoms with Crippen molar-refractivity contribution < 1.29 is 0 Å². The minimum atomic E-state index is -0.202.